The Morgan fingerprint density at radius 2 is 1.78 bits per heavy atom. The zero-order valence-corrected chi connectivity index (χ0v) is 11.0. The Hall–Kier alpha value is -1.39. The number of nitrogens with one attached hydrogen (secondary N) is 1. The summed E-state index contributed by atoms with van der Waals surface area (Å²) in [4.78, 5) is 4.90. The highest BCUT2D eigenvalue weighted by Gasteiger charge is 2.16. The van der Waals surface area contributed by atoms with Crippen molar-refractivity contribution in [2.45, 2.75) is 13.5 Å². The van der Waals surface area contributed by atoms with Crippen LogP contribution in [0.15, 0.2) is 24.3 Å². The summed E-state index contributed by atoms with van der Waals surface area (Å²) in [6.45, 7) is 8.71. The first-order valence-corrected chi connectivity index (χ1v) is 6.57. The van der Waals surface area contributed by atoms with Crippen molar-refractivity contribution in [2.75, 3.05) is 32.7 Å². The first-order chi connectivity index (χ1) is 8.70. The molecule has 0 aromatic heterocycles. The van der Waals surface area contributed by atoms with Crippen LogP contribution in [0.5, 0.6) is 0 Å². The summed E-state index contributed by atoms with van der Waals surface area (Å²) in [5.41, 5.74) is 7.65. The Bertz CT molecular complexity index is 408. The predicted molar refractivity (Wildman–Crippen MR) is 74.8 cm³/mol. The lowest BCUT2D eigenvalue weighted by molar-refractivity contribution is 0.132. The summed E-state index contributed by atoms with van der Waals surface area (Å²) >= 11 is 0. The maximum absolute atomic E-state index is 7.61. The lowest BCUT2D eigenvalue weighted by Gasteiger charge is -2.34. The van der Waals surface area contributed by atoms with E-state index >= 15 is 0 Å². The summed E-state index contributed by atoms with van der Waals surface area (Å²) < 4.78 is 0. The molecular weight excluding hydrogens is 224 g/mol. The molecule has 0 saturated carbocycles. The van der Waals surface area contributed by atoms with E-state index in [1.54, 1.807) is 0 Å². The Kier molecular flexibility index (Phi) is 4.33. The second kappa shape index (κ2) is 5.98. The van der Waals surface area contributed by atoms with E-state index < -0.39 is 0 Å². The highest BCUT2D eigenvalue weighted by Crippen LogP contribution is 2.13. The van der Waals surface area contributed by atoms with E-state index in [-0.39, 0.29) is 5.84 Å². The Labute approximate surface area is 109 Å². The van der Waals surface area contributed by atoms with Crippen molar-refractivity contribution in [2.24, 2.45) is 5.73 Å². The van der Waals surface area contributed by atoms with Crippen molar-refractivity contribution in [3.63, 3.8) is 0 Å². The molecule has 2 rings (SSSR count). The van der Waals surface area contributed by atoms with E-state index in [0.717, 1.165) is 50.4 Å². The summed E-state index contributed by atoms with van der Waals surface area (Å²) in [5, 5.41) is 7.61. The molecule has 4 heteroatoms. The Morgan fingerprint density at radius 1 is 1.17 bits per heavy atom. The fraction of sp³-hybridized carbons (Fsp3) is 0.500. The summed E-state index contributed by atoms with van der Waals surface area (Å²) in [6, 6.07) is 7.96. The van der Waals surface area contributed by atoms with Gasteiger partial charge in [0.2, 0.25) is 0 Å². The fourth-order valence-corrected chi connectivity index (χ4v) is 2.43. The van der Waals surface area contributed by atoms with Crippen molar-refractivity contribution in [3.05, 3.63) is 35.4 Å². The van der Waals surface area contributed by atoms with Gasteiger partial charge in [-0.05, 0) is 12.1 Å². The molecule has 1 aliphatic heterocycles. The van der Waals surface area contributed by atoms with Crippen LogP contribution in [0.25, 0.3) is 0 Å². The maximum atomic E-state index is 7.61. The number of piperazine rings is 1. The number of nitrogens with two attached hydrogens (primary N) is 1. The lowest BCUT2D eigenvalue weighted by Crippen LogP contribution is -2.45. The molecular formula is C14H22N4. The quantitative estimate of drug-likeness (QED) is 0.618. The highest BCUT2D eigenvalue weighted by molar-refractivity contribution is 5.96. The number of likely N-dealkylation sites (N-methyl/N-ethyl adjacent to an activating group) is 1. The number of nitrogen functional groups attached to an aromatic ring is 1. The second-order valence-corrected chi connectivity index (χ2v) is 4.78. The minimum Gasteiger partial charge on any atom is -0.384 e. The second-order valence-electron chi connectivity index (χ2n) is 4.78. The van der Waals surface area contributed by atoms with Crippen LogP contribution in [0, 0.1) is 5.41 Å². The molecule has 0 radical (unpaired) electrons. The van der Waals surface area contributed by atoms with Crippen molar-refractivity contribution in [1.29, 1.82) is 5.41 Å². The van der Waals surface area contributed by atoms with Crippen LogP contribution in [0.3, 0.4) is 0 Å². The normalized spacial score (nSPS) is 17.8. The number of benzene rings is 1. The molecule has 3 N–H and O–H groups in total. The first kappa shape index (κ1) is 13.1. The van der Waals surface area contributed by atoms with E-state index in [0.29, 0.717) is 0 Å². The van der Waals surface area contributed by atoms with Crippen molar-refractivity contribution >= 4 is 5.84 Å². The van der Waals surface area contributed by atoms with Gasteiger partial charge in [0, 0.05) is 38.3 Å². The minimum atomic E-state index is 0.165. The molecule has 0 spiro atoms. The molecule has 1 saturated heterocycles. The van der Waals surface area contributed by atoms with Gasteiger partial charge in [0.25, 0.3) is 0 Å². The molecule has 0 aliphatic carbocycles. The fourth-order valence-electron chi connectivity index (χ4n) is 2.43. The molecule has 0 bridgehead atoms. The van der Waals surface area contributed by atoms with Crippen LogP contribution in [0.2, 0.25) is 0 Å². The van der Waals surface area contributed by atoms with Crippen LogP contribution < -0.4 is 5.73 Å². The van der Waals surface area contributed by atoms with E-state index in [9.17, 15) is 0 Å². The number of hydrogen-bond donors (Lipinski definition) is 2. The van der Waals surface area contributed by atoms with Gasteiger partial charge < -0.3 is 10.6 Å². The Balaban J connectivity index is 2.00. The molecule has 0 unspecified atom stereocenters. The molecule has 1 heterocycles. The highest BCUT2D eigenvalue weighted by atomic mass is 15.3. The molecule has 0 atom stereocenters. The van der Waals surface area contributed by atoms with Crippen LogP contribution in [-0.4, -0.2) is 48.4 Å². The van der Waals surface area contributed by atoms with Crippen molar-refractivity contribution < 1.29 is 0 Å². The van der Waals surface area contributed by atoms with Gasteiger partial charge in [0.1, 0.15) is 5.84 Å². The zero-order chi connectivity index (χ0) is 13.0. The number of rotatable bonds is 4. The minimum absolute atomic E-state index is 0.165. The third-order valence-electron chi connectivity index (χ3n) is 3.61. The molecule has 18 heavy (non-hydrogen) atoms. The monoisotopic (exact) mass is 246 g/mol. The van der Waals surface area contributed by atoms with Gasteiger partial charge in [-0.3, -0.25) is 10.3 Å². The number of amidine groups is 1. The van der Waals surface area contributed by atoms with Gasteiger partial charge in [-0.25, -0.2) is 0 Å². The van der Waals surface area contributed by atoms with Gasteiger partial charge in [-0.2, -0.15) is 0 Å². The number of hydrogen-bond acceptors (Lipinski definition) is 3. The maximum Gasteiger partial charge on any atom is 0.123 e. The van der Waals surface area contributed by atoms with Crippen LogP contribution in [0.4, 0.5) is 0 Å². The predicted octanol–water partition coefficient (Wildman–Crippen LogP) is 1.11. The summed E-state index contributed by atoms with van der Waals surface area (Å²) in [7, 11) is 0. The van der Waals surface area contributed by atoms with Gasteiger partial charge in [0.05, 0.1) is 0 Å². The molecule has 1 fully saturated rings. The van der Waals surface area contributed by atoms with Crippen molar-refractivity contribution in [3.8, 4) is 0 Å². The first-order valence-electron chi connectivity index (χ1n) is 6.57. The van der Waals surface area contributed by atoms with E-state index in [2.05, 4.69) is 22.8 Å². The third-order valence-corrected chi connectivity index (χ3v) is 3.61. The van der Waals surface area contributed by atoms with Crippen LogP contribution in [0.1, 0.15) is 18.1 Å². The Morgan fingerprint density at radius 3 is 2.39 bits per heavy atom. The standard InChI is InChI=1S/C14H22N4/c1-2-17-7-9-18(10-8-17)11-12-5-3-4-6-13(12)14(15)16/h3-6H,2,7-11H2,1H3,(H3,15,16). The topological polar surface area (TPSA) is 56.4 Å². The lowest BCUT2D eigenvalue weighted by atomic mass is 10.1. The molecule has 1 aliphatic rings. The van der Waals surface area contributed by atoms with Gasteiger partial charge in [0.15, 0.2) is 0 Å². The summed E-state index contributed by atoms with van der Waals surface area (Å²) in [6.07, 6.45) is 0. The van der Waals surface area contributed by atoms with Crippen molar-refractivity contribution in [1.82, 2.24) is 9.80 Å². The van der Waals surface area contributed by atoms with Crippen LogP contribution >= 0.6 is 0 Å². The van der Waals surface area contributed by atoms with Gasteiger partial charge in [-0.1, -0.05) is 31.2 Å². The molecule has 98 valence electrons. The molecule has 1 aromatic carbocycles. The molecule has 1 aromatic rings. The average Bonchev–Trinajstić information content (AvgIpc) is 2.40. The third kappa shape index (κ3) is 3.09. The molecule has 0 amide bonds. The smallest absolute Gasteiger partial charge is 0.123 e. The average molecular weight is 246 g/mol. The van der Waals surface area contributed by atoms with E-state index in [1.807, 2.05) is 18.2 Å². The van der Waals surface area contributed by atoms with Gasteiger partial charge in [-0.15, -0.1) is 0 Å². The zero-order valence-electron chi connectivity index (χ0n) is 11.0. The van der Waals surface area contributed by atoms with Crippen LogP contribution in [-0.2, 0) is 6.54 Å². The molecule has 4 nitrogen and oxygen atoms in total. The number of nitrogens with zero attached hydrogens (tertiary/aromatic N) is 2. The SMILES string of the molecule is CCN1CCN(Cc2ccccc2C(=N)N)CC1. The van der Waals surface area contributed by atoms with E-state index in [4.69, 9.17) is 11.1 Å². The summed E-state index contributed by atoms with van der Waals surface area (Å²) in [5.74, 6) is 0.165. The largest absolute Gasteiger partial charge is 0.384 e. The van der Waals surface area contributed by atoms with Gasteiger partial charge >= 0.3 is 0 Å². The van der Waals surface area contributed by atoms with E-state index in [1.165, 1.54) is 0 Å².